The van der Waals surface area contributed by atoms with Crippen LogP contribution < -0.4 is 10.8 Å². The first-order valence-corrected chi connectivity index (χ1v) is 6.81. The molecule has 6 nitrogen and oxygen atoms in total. The smallest absolute Gasteiger partial charge is 0.314 e. The fourth-order valence-electron chi connectivity index (χ4n) is 0.691. The minimum atomic E-state index is -3.93. The molecule has 0 amide bonds. The Hall–Kier alpha value is 0.320. The monoisotopic (exact) mass is 260 g/mol. The Morgan fingerprint density at radius 2 is 2.13 bits per heavy atom. The van der Waals surface area contributed by atoms with Gasteiger partial charge in [-0.15, -0.1) is 11.6 Å². The van der Waals surface area contributed by atoms with Crippen LogP contribution in [0.15, 0.2) is 0 Å². The summed E-state index contributed by atoms with van der Waals surface area (Å²) < 4.78 is 20.1. The average molecular weight is 261 g/mol. The van der Waals surface area contributed by atoms with Gasteiger partial charge >= 0.3 is 7.82 Å². The summed E-state index contributed by atoms with van der Waals surface area (Å²) in [6.07, 6.45) is 0.658. The fourth-order valence-corrected chi connectivity index (χ4v) is 1.55. The first kappa shape index (κ1) is 15.3. The number of alkyl halides is 1. The number of phosphoric ester groups is 1. The van der Waals surface area contributed by atoms with Crippen molar-refractivity contribution in [2.45, 2.75) is 13.3 Å². The highest BCUT2D eigenvalue weighted by Gasteiger charge is 2.20. The van der Waals surface area contributed by atoms with Gasteiger partial charge in [0, 0.05) is 25.5 Å². The second kappa shape index (κ2) is 9.54. The number of hydrogen-bond acceptors (Lipinski definition) is 5. The Bertz CT molecular complexity index is 196. The first-order valence-electron chi connectivity index (χ1n) is 4.78. The number of phosphoric acid groups is 1. The third-order valence-corrected chi connectivity index (χ3v) is 2.37. The highest BCUT2D eigenvalue weighted by Crippen LogP contribution is 2.41. The van der Waals surface area contributed by atoms with Crippen molar-refractivity contribution in [3.8, 4) is 0 Å². The zero-order valence-corrected chi connectivity index (χ0v) is 10.4. The maximum Gasteiger partial charge on any atom is 0.488 e. The molecule has 92 valence electrons. The van der Waals surface area contributed by atoms with Crippen LogP contribution in [0.2, 0.25) is 0 Å². The van der Waals surface area contributed by atoms with Crippen LogP contribution >= 0.6 is 19.4 Å². The minimum absolute atomic E-state index is 0.194. The number of nitrogens with one attached hydrogen (secondary N) is 2. The Morgan fingerprint density at radius 3 is 2.73 bits per heavy atom. The maximum atomic E-state index is 11.1. The average Bonchev–Trinajstić information content (AvgIpc) is 2.20. The molecule has 0 saturated heterocycles. The van der Waals surface area contributed by atoms with E-state index in [9.17, 15) is 4.57 Å². The molecule has 0 aromatic rings. The van der Waals surface area contributed by atoms with Crippen molar-refractivity contribution < 1.29 is 18.6 Å². The highest BCUT2D eigenvalue weighted by atomic mass is 35.5. The molecule has 0 rings (SSSR count). The van der Waals surface area contributed by atoms with Gasteiger partial charge in [-0.05, 0) is 6.42 Å². The lowest BCUT2D eigenvalue weighted by molar-refractivity contribution is 0.0974. The van der Waals surface area contributed by atoms with Crippen LogP contribution in [0.25, 0.3) is 0 Å². The topological polar surface area (TPSA) is 79.8 Å². The van der Waals surface area contributed by atoms with Crippen LogP contribution in [-0.4, -0.2) is 37.0 Å². The molecule has 0 aliphatic rings. The molecule has 0 heterocycles. The van der Waals surface area contributed by atoms with E-state index < -0.39 is 7.82 Å². The number of rotatable bonds is 10. The Morgan fingerprint density at radius 1 is 1.40 bits per heavy atom. The highest BCUT2D eigenvalue weighted by molar-refractivity contribution is 7.47. The van der Waals surface area contributed by atoms with Crippen molar-refractivity contribution in [3.05, 3.63) is 0 Å². The summed E-state index contributed by atoms with van der Waals surface area (Å²) >= 11 is 5.43. The SMILES string of the molecule is CCCOP(=O)(O)ONCCNCCCl. The lowest BCUT2D eigenvalue weighted by Gasteiger charge is -2.11. The van der Waals surface area contributed by atoms with Crippen LogP contribution in [0.5, 0.6) is 0 Å². The van der Waals surface area contributed by atoms with Crippen molar-refractivity contribution in [1.82, 2.24) is 10.8 Å². The van der Waals surface area contributed by atoms with Crippen LogP contribution in [0, 0.1) is 0 Å². The van der Waals surface area contributed by atoms with E-state index in [2.05, 4.69) is 19.9 Å². The van der Waals surface area contributed by atoms with Crippen LogP contribution in [0.1, 0.15) is 13.3 Å². The molecule has 0 spiro atoms. The van der Waals surface area contributed by atoms with E-state index in [1.54, 1.807) is 0 Å². The van der Waals surface area contributed by atoms with Crippen molar-refractivity contribution in [3.63, 3.8) is 0 Å². The summed E-state index contributed by atoms with van der Waals surface area (Å²) in [4.78, 5) is 9.06. The normalized spacial score (nSPS) is 15.1. The molecule has 0 aromatic carbocycles. The van der Waals surface area contributed by atoms with Gasteiger partial charge in [-0.3, -0.25) is 4.52 Å². The number of halogens is 1. The quantitative estimate of drug-likeness (QED) is 0.234. The molecule has 8 heteroatoms. The third kappa shape index (κ3) is 10.6. The molecule has 0 aliphatic heterocycles. The molecule has 15 heavy (non-hydrogen) atoms. The summed E-state index contributed by atoms with van der Waals surface area (Å²) in [7, 11) is -3.93. The van der Waals surface area contributed by atoms with Gasteiger partial charge in [0.15, 0.2) is 0 Å². The molecule has 1 atom stereocenters. The maximum absolute atomic E-state index is 11.1. The second-order valence-corrected chi connectivity index (χ2v) is 4.48. The van der Waals surface area contributed by atoms with Crippen LogP contribution in [0.4, 0.5) is 0 Å². The van der Waals surface area contributed by atoms with Crippen molar-refractivity contribution in [1.29, 1.82) is 0 Å². The summed E-state index contributed by atoms with van der Waals surface area (Å²) in [5.41, 5.74) is 2.35. The predicted octanol–water partition coefficient (Wildman–Crippen LogP) is 0.863. The molecule has 0 radical (unpaired) electrons. The molecule has 0 saturated carbocycles. The van der Waals surface area contributed by atoms with Gasteiger partial charge in [0.2, 0.25) is 0 Å². The van der Waals surface area contributed by atoms with Gasteiger partial charge in [-0.1, -0.05) is 6.92 Å². The lowest BCUT2D eigenvalue weighted by atomic mass is 10.5. The van der Waals surface area contributed by atoms with Gasteiger partial charge in [0.05, 0.1) is 6.61 Å². The van der Waals surface area contributed by atoms with Crippen molar-refractivity contribution in [2.75, 3.05) is 32.1 Å². The molecule has 0 aromatic heterocycles. The molecular formula is C7H18ClN2O4P. The van der Waals surface area contributed by atoms with Crippen molar-refractivity contribution in [2.24, 2.45) is 0 Å². The molecule has 0 bridgehead atoms. The van der Waals surface area contributed by atoms with E-state index in [4.69, 9.17) is 16.5 Å². The van der Waals surface area contributed by atoms with Crippen molar-refractivity contribution >= 4 is 19.4 Å². The molecular weight excluding hydrogens is 243 g/mol. The Kier molecular flexibility index (Phi) is 9.74. The predicted molar refractivity (Wildman–Crippen MR) is 58.7 cm³/mol. The summed E-state index contributed by atoms with van der Waals surface area (Å²) in [5.74, 6) is 0.527. The largest absolute Gasteiger partial charge is 0.488 e. The fraction of sp³-hybridized carbons (Fsp3) is 1.00. The zero-order valence-electron chi connectivity index (χ0n) is 8.74. The minimum Gasteiger partial charge on any atom is -0.314 e. The summed E-state index contributed by atoms with van der Waals surface area (Å²) in [5, 5.41) is 2.98. The van der Waals surface area contributed by atoms with Gasteiger partial charge in [-0.25, -0.2) is 4.57 Å². The number of hydroxylamine groups is 1. The van der Waals surface area contributed by atoms with E-state index in [1.807, 2.05) is 6.92 Å². The van der Waals surface area contributed by atoms with Gasteiger partial charge in [0.25, 0.3) is 0 Å². The van der Waals surface area contributed by atoms with Gasteiger partial charge in [-0.2, -0.15) is 10.1 Å². The standard InChI is InChI=1S/C7H18ClN2O4P/c1-2-7-13-15(11,12)14-10-6-5-9-4-3-8/h9-10H,2-7H2,1H3,(H,11,12). The lowest BCUT2D eigenvalue weighted by Crippen LogP contribution is -2.28. The summed E-state index contributed by atoms with van der Waals surface area (Å²) in [6, 6.07) is 0. The van der Waals surface area contributed by atoms with Crippen LogP contribution in [-0.2, 0) is 13.7 Å². The Balaban J connectivity index is 3.36. The van der Waals surface area contributed by atoms with Gasteiger partial charge in [0.1, 0.15) is 0 Å². The molecule has 1 unspecified atom stereocenters. The third-order valence-electron chi connectivity index (χ3n) is 1.31. The van der Waals surface area contributed by atoms with E-state index in [-0.39, 0.29) is 6.61 Å². The Labute approximate surface area is 94.9 Å². The summed E-state index contributed by atoms with van der Waals surface area (Å²) in [6.45, 7) is 3.72. The van der Waals surface area contributed by atoms with Crippen LogP contribution in [0.3, 0.4) is 0 Å². The van der Waals surface area contributed by atoms with E-state index in [0.717, 1.165) is 0 Å². The van der Waals surface area contributed by atoms with E-state index in [0.29, 0.717) is 31.9 Å². The first-order chi connectivity index (χ1) is 7.12. The molecule has 0 aliphatic carbocycles. The molecule has 0 fully saturated rings. The van der Waals surface area contributed by atoms with E-state index >= 15 is 0 Å². The second-order valence-electron chi connectivity index (χ2n) is 2.73. The van der Waals surface area contributed by atoms with E-state index in [1.165, 1.54) is 0 Å². The zero-order chi connectivity index (χ0) is 11.6. The van der Waals surface area contributed by atoms with Gasteiger partial charge < -0.3 is 10.2 Å². The number of hydrogen-bond donors (Lipinski definition) is 3. The molecule has 3 N–H and O–H groups in total.